The SMILES string of the molecule is CCOC(=O)C1=C(C)NC2=C(C(=O)C(C(=O)OC)C(C)C2)C1c1ccccc1F. The summed E-state index contributed by atoms with van der Waals surface area (Å²) < 4.78 is 24.8. The fourth-order valence-electron chi connectivity index (χ4n) is 4.18. The minimum Gasteiger partial charge on any atom is -0.468 e. The van der Waals surface area contributed by atoms with E-state index >= 15 is 0 Å². The van der Waals surface area contributed by atoms with Crippen molar-refractivity contribution in [3.63, 3.8) is 0 Å². The number of allylic oxidation sites excluding steroid dienone is 3. The van der Waals surface area contributed by atoms with E-state index in [1.807, 2.05) is 0 Å². The highest BCUT2D eigenvalue weighted by Gasteiger charge is 2.47. The number of esters is 2. The molecule has 3 atom stereocenters. The quantitative estimate of drug-likeness (QED) is 0.617. The zero-order valence-electron chi connectivity index (χ0n) is 16.9. The van der Waals surface area contributed by atoms with E-state index in [0.717, 1.165) is 0 Å². The summed E-state index contributed by atoms with van der Waals surface area (Å²) in [7, 11) is 1.23. The second-order valence-corrected chi connectivity index (χ2v) is 7.28. The van der Waals surface area contributed by atoms with Crippen molar-refractivity contribution in [3.05, 3.63) is 58.2 Å². The maximum Gasteiger partial charge on any atom is 0.336 e. The first-order valence-electron chi connectivity index (χ1n) is 9.56. The van der Waals surface area contributed by atoms with Crippen molar-refractivity contribution in [1.82, 2.24) is 5.32 Å². The molecule has 0 aromatic heterocycles. The second-order valence-electron chi connectivity index (χ2n) is 7.28. The van der Waals surface area contributed by atoms with Gasteiger partial charge in [-0.3, -0.25) is 9.59 Å². The van der Waals surface area contributed by atoms with Crippen LogP contribution in [0.25, 0.3) is 0 Å². The molecule has 0 bridgehead atoms. The third-order valence-corrected chi connectivity index (χ3v) is 5.45. The largest absolute Gasteiger partial charge is 0.468 e. The molecule has 0 radical (unpaired) electrons. The molecule has 2 aliphatic rings. The Balaban J connectivity index is 2.21. The lowest BCUT2D eigenvalue weighted by Crippen LogP contribution is -2.43. The smallest absolute Gasteiger partial charge is 0.336 e. The number of methoxy groups -OCH3 is 1. The van der Waals surface area contributed by atoms with Crippen molar-refractivity contribution < 1.29 is 28.2 Å². The zero-order chi connectivity index (χ0) is 21.3. The number of hydrogen-bond donors (Lipinski definition) is 1. The molecule has 7 heteroatoms. The summed E-state index contributed by atoms with van der Waals surface area (Å²) in [6.07, 6.45) is 0.402. The summed E-state index contributed by atoms with van der Waals surface area (Å²) in [6.45, 7) is 5.31. The van der Waals surface area contributed by atoms with Crippen LogP contribution in [-0.4, -0.2) is 31.4 Å². The van der Waals surface area contributed by atoms with Gasteiger partial charge in [0.2, 0.25) is 0 Å². The minimum absolute atomic E-state index is 0.140. The Kier molecular flexibility index (Phi) is 5.86. The third-order valence-electron chi connectivity index (χ3n) is 5.45. The van der Waals surface area contributed by atoms with Crippen LogP contribution in [0.2, 0.25) is 0 Å². The lowest BCUT2D eigenvalue weighted by molar-refractivity contribution is -0.151. The van der Waals surface area contributed by atoms with Gasteiger partial charge in [-0.2, -0.15) is 0 Å². The average Bonchev–Trinajstić information content (AvgIpc) is 2.67. The van der Waals surface area contributed by atoms with Gasteiger partial charge in [0.05, 0.1) is 25.2 Å². The number of Topliss-reactive ketones (excluding diaryl/α,β-unsaturated/α-hetero) is 1. The molecule has 6 nitrogen and oxygen atoms in total. The van der Waals surface area contributed by atoms with Gasteiger partial charge in [0.1, 0.15) is 11.7 Å². The first kappa shape index (κ1) is 20.8. The Morgan fingerprint density at radius 2 is 1.97 bits per heavy atom. The topological polar surface area (TPSA) is 81.7 Å². The standard InChI is InChI=1S/C22H24FNO5/c1-5-29-22(27)17-12(3)24-15-10-11(2)16(21(26)28-4)20(25)19(15)18(17)13-8-6-7-9-14(13)23/h6-9,11,16,18,24H,5,10H2,1-4H3. The molecule has 1 aliphatic heterocycles. The van der Waals surface area contributed by atoms with E-state index in [1.54, 1.807) is 32.9 Å². The first-order valence-corrected chi connectivity index (χ1v) is 9.56. The van der Waals surface area contributed by atoms with Crippen molar-refractivity contribution in [2.75, 3.05) is 13.7 Å². The maximum atomic E-state index is 14.8. The predicted molar refractivity (Wildman–Crippen MR) is 103 cm³/mol. The number of nitrogens with one attached hydrogen (secondary N) is 1. The summed E-state index contributed by atoms with van der Waals surface area (Å²) in [6, 6.07) is 6.01. The number of carbonyl (C=O) groups excluding carboxylic acids is 3. The van der Waals surface area contributed by atoms with Crippen LogP contribution < -0.4 is 5.32 Å². The van der Waals surface area contributed by atoms with Crippen LogP contribution in [0.5, 0.6) is 0 Å². The number of dihydropyridines is 1. The van der Waals surface area contributed by atoms with Crippen LogP contribution >= 0.6 is 0 Å². The molecule has 1 aromatic carbocycles. The van der Waals surface area contributed by atoms with Crippen LogP contribution in [0.1, 0.15) is 38.7 Å². The Bertz CT molecular complexity index is 933. The van der Waals surface area contributed by atoms with Gasteiger partial charge in [-0.05, 0) is 32.3 Å². The van der Waals surface area contributed by atoms with E-state index < -0.39 is 35.4 Å². The van der Waals surface area contributed by atoms with Gasteiger partial charge in [-0.1, -0.05) is 25.1 Å². The highest BCUT2D eigenvalue weighted by atomic mass is 19.1. The molecule has 0 fully saturated rings. The summed E-state index contributed by atoms with van der Waals surface area (Å²) in [5.41, 5.74) is 1.68. The van der Waals surface area contributed by atoms with E-state index in [4.69, 9.17) is 9.47 Å². The van der Waals surface area contributed by atoms with E-state index in [9.17, 15) is 18.8 Å². The molecular weight excluding hydrogens is 377 g/mol. The van der Waals surface area contributed by atoms with Crippen LogP contribution in [0.15, 0.2) is 46.8 Å². The molecule has 1 aliphatic carbocycles. The van der Waals surface area contributed by atoms with E-state index in [1.165, 1.54) is 19.2 Å². The fourth-order valence-corrected chi connectivity index (χ4v) is 4.18. The van der Waals surface area contributed by atoms with Crippen molar-refractivity contribution in [3.8, 4) is 0 Å². The highest BCUT2D eigenvalue weighted by molar-refractivity contribution is 6.12. The van der Waals surface area contributed by atoms with Gasteiger partial charge in [-0.25, -0.2) is 9.18 Å². The molecule has 0 spiro atoms. The Morgan fingerprint density at radius 1 is 1.28 bits per heavy atom. The number of carbonyl (C=O) groups is 3. The molecule has 3 unspecified atom stereocenters. The molecular formula is C22H24FNO5. The summed E-state index contributed by atoms with van der Waals surface area (Å²) >= 11 is 0. The summed E-state index contributed by atoms with van der Waals surface area (Å²) in [5.74, 6) is -4.51. The second kappa shape index (κ2) is 8.19. The lowest BCUT2D eigenvalue weighted by atomic mass is 9.69. The molecule has 3 rings (SSSR count). The fraction of sp³-hybridized carbons (Fsp3) is 0.409. The van der Waals surface area contributed by atoms with Crippen molar-refractivity contribution in [2.45, 2.75) is 33.1 Å². The highest BCUT2D eigenvalue weighted by Crippen LogP contribution is 2.45. The Morgan fingerprint density at radius 3 is 2.59 bits per heavy atom. The van der Waals surface area contributed by atoms with E-state index in [0.29, 0.717) is 17.8 Å². The third kappa shape index (κ3) is 3.57. The zero-order valence-corrected chi connectivity index (χ0v) is 16.9. The van der Waals surface area contributed by atoms with Gasteiger partial charge in [0.15, 0.2) is 5.78 Å². The minimum atomic E-state index is -1.00. The molecule has 1 N–H and O–H groups in total. The predicted octanol–water partition coefficient (Wildman–Crippen LogP) is 3.00. The number of rotatable bonds is 4. The molecule has 0 saturated carbocycles. The number of halogens is 1. The van der Waals surface area contributed by atoms with Crippen LogP contribution in [-0.2, 0) is 23.9 Å². The summed E-state index contributed by atoms with van der Waals surface area (Å²) in [5, 5.41) is 3.13. The number of hydrogen-bond acceptors (Lipinski definition) is 6. The van der Waals surface area contributed by atoms with Crippen LogP contribution in [0.3, 0.4) is 0 Å². The van der Waals surface area contributed by atoms with Crippen molar-refractivity contribution in [2.24, 2.45) is 11.8 Å². The molecule has 0 saturated heterocycles. The normalized spacial score (nSPS) is 24.0. The molecule has 29 heavy (non-hydrogen) atoms. The van der Waals surface area contributed by atoms with Gasteiger partial charge in [-0.15, -0.1) is 0 Å². The first-order chi connectivity index (χ1) is 13.8. The molecule has 1 aromatic rings. The van der Waals surface area contributed by atoms with Crippen molar-refractivity contribution >= 4 is 17.7 Å². The average molecular weight is 401 g/mol. The van der Waals surface area contributed by atoms with E-state index in [-0.39, 0.29) is 29.2 Å². The molecule has 1 heterocycles. The van der Waals surface area contributed by atoms with Gasteiger partial charge in [0, 0.05) is 22.5 Å². The van der Waals surface area contributed by atoms with Gasteiger partial charge < -0.3 is 14.8 Å². The number of ketones is 1. The Hall–Kier alpha value is -2.96. The monoisotopic (exact) mass is 401 g/mol. The molecule has 154 valence electrons. The van der Waals surface area contributed by atoms with Crippen LogP contribution in [0, 0.1) is 17.7 Å². The molecule has 0 amide bonds. The van der Waals surface area contributed by atoms with E-state index in [2.05, 4.69) is 5.32 Å². The lowest BCUT2D eigenvalue weighted by Gasteiger charge is -2.38. The van der Waals surface area contributed by atoms with Gasteiger partial charge in [0.25, 0.3) is 0 Å². The number of ether oxygens (including phenoxy) is 2. The number of benzene rings is 1. The van der Waals surface area contributed by atoms with Crippen LogP contribution in [0.4, 0.5) is 4.39 Å². The van der Waals surface area contributed by atoms with Gasteiger partial charge >= 0.3 is 11.9 Å². The van der Waals surface area contributed by atoms with Crippen molar-refractivity contribution in [1.29, 1.82) is 0 Å². The summed E-state index contributed by atoms with van der Waals surface area (Å²) in [4.78, 5) is 38.4. The Labute approximate surface area is 168 Å². The maximum absolute atomic E-state index is 14.8.